The minimum atomic E-state index is -0.169. The van der Waals surface area contributed by atoms with Crippen LogP contribution in [0.5, 0.6) is 0 Å². The molecule has 0 aromatic carbocycles. The number of hydrogen-bond acceptors (Lipinski definition) is 4. The van der Waals surface area contributed by atoms with Crippen molar-refractivity contribution in [1.29, 1.82) is 0 Å². The second-order valence-electron chi connectivity index (χ2n) is 3.25. The molecule has 0 aliphatic rings. The Labute approximate surface area is 89.7 Å². The molecule has 6 nitrogen and oxygen atoms in total. The molecule has 0 bridgehead atoms. The van der Waals surface area contributed by atoms with Gasteiger partial charge in [0.15, 0.2) is 0 Å². The van der Waals surface area contributed by atoms with E-state index >= 15 is 0 Å². The molecule has 0 fully saturated rings. The number of hydrogen-bond donors (Lipinski definition) is 2. The summed E-state index contributed by atoms with van der Waals surface area (Å²) in [5.74, 6) is -0.250. The molecule has 0 radical (unpaired) electrons. The van der Waals surface area contributed by atoms with Crippen molar-refractivity contribution in [3.8, 4) is 0 Å². The summed E-state index contributed by atoms with van der Waals surface area (Å²) in [5, 5.41) is 11.1. The fourth-order valence-electron chi connectivity index (χ4n) is 1.36. The molecule has 3 N–H and O–H groups in total. The maximum Gasteiger partial charge on any atom is 0.230 e. The number of ether oxygens (including phenoxy) is 1. The quantitative estimate of drug-likeness (QED) is 0.284. The Morgan fingerprint density at radius 3 is 2.67 bits per heavy atom. The second kappa shape index (κ2) is 7.05. The molecule has 15 heavy (non-hydrogen) atoms. The van der Waals surface area contributed by atoms with Crippen LogP contribution < -0.4 is 5.73 Å². The third-order valence-electron chi connectivity index (χ3n) is 2.06. The Morgan fingerprint density at radius 2 is 2.27 bits per heavy atom. The molecule has 1 unspecified atom stereocenters. The lowest BCUT2D eigenvalue weighted by molar-refractivity contribution is -0.132. The lowest BCUT2D eigenvalue weighted by Gasteiger charge is -2.27. The summed E-state index contributed by atoms with van der Waals surface area (Å²) in [6.45, 7) is 4.80. The standard InChI is InChI=1S/C9H19N3O3/c1-4-12(7(2)6-15-3)9(13)5-8(10)11-14/h7,14H,4-6H2,1-3H3,(H2,10,11). The summed E-state index contributed by atoms with van der Waals surface area (Å²) in [6, 6.07) is -0.0148. The summed E-state index contributed by atoms with van der Waals surface area (Å²) in [5.41, 5.74) is 5.26. The van der Waals surface area contributed by atoms with Crippen LogP contribution in [-0.4, -0.2) is 48.2 Å². The van der Waals surface area contributed by atoms with E-state index in [2.05, 4.69) is 5.16 Å². The third-order valence-corrected chi connectivity index (χ3v) is 2.06. The Kier molecular flexibility index (Phi) is 6.44. The van der Waals surface area contributed by atoms with Gasteiger partial charge in [0.05, 0.1) is 19.1 Å². The van der Waals surface area contributed by atoms with Gasteiger partial charge in [-0.15, -0.1) is 0 Å². The summed E-state index contributed by atoms with van der Waals surface area (Å²) in [6.07, 6.45) is -0.0710. The number of carbonyl (C=O) groups is 1. The molecular formula is C9H19N3O3. The lowest BCUT2D eigenvalue weighted by atomic mass is 10.2. The number of oxime groups is 1. The van der Waals surface area contributed by atoms with Crippen molar-refractivity contribution in [3.05, 3.63) is 0 Å². The monoisotopic (exact) mass is 217 g/mol. The summed E-state index contributed by atoms with van der Waals surface area (Å²) in [4.78, 5) is 13.3. The van der Waals surface area contributed by atoms with Gasteiger partial charge in [-0.25, -0.2) is 0 Å². The van der Waals surface area contributed by atoms with E-state index in [1.54, 1.807) is 12.0 Å². The molecule has 6 heteroatoms. The van der Waals surface area contributed by atoms with Gasteiger partial charge in [-0.2, -0.15) is 0 Å². The highest BCUT2D eigenvalue weighted by atomic mass is 16.5. The van der Waals surface area contributed by atoms with Crippen molar-refractivity contribution in [2.75, 3.05) is 20.3 Å². The van der Waals surface area contributed by atoms with Crippen LogP contribution >= 0.6 is 0 Å². The summed E-state index contributed by atoms with van der Waals surface area (Å²) < 4.78 is 4.96. The molecule has 1 amide bonds. The van der Waals surface area contributed by atoms with Crippen LogP contribution in [-0.2, 0) is 9.53 Å². The van der Waals surface area contributed by atoms with Crippen molar-refractivity contribution in [1.82, 2.24) is 4.90 Å². The molecule has 0 aromatic rings. The molecular weight excluding hydrogens is 198 g/mol. The van der Waals surface area contributed by atoms with Gasteiger partial charge in [0, 0.05) is 13.7 Å². The SMILES string of the molecule is CCN(C(=O)CC(N)=NO)C(C)COC. The normalized spacial score (nSPS) is 13.7. The van der Waals surface area contributed by atoms with Crippen molar-refractivity contribution in [2.45, 2.75) is 26.3 Å². The molecule has 0 aromatic heterocycles. The minimum absolute atomic E-state index is 0.0148. The van der Waals surface area contributed by atoms with Crippen LogP contribution in [0.2, 0.25) is 0 Å². The van der Waals surface area contributed by atoms with Crippen LogP contribution in [0.3, 0.4) is 0 Å². The maximum atomic E-state index is 11.7. The smallest absolute Gasteiger partial charge is 0.230 e. The number of nitrogens with two attached hydrogens (primary N) is 1. The highest BCUT2D eigenvalue weighted by molar-refractivity contribution is 5.98. The van der Waals surface area contributed by atoms with Gasteiger partial charge in [-0.05, 0) is 13.8 Å². The van der Waals surface area contributed by atoms with E-state index in [1.165, 1.54) is 0 Å². The summed E-state index contributed by atoms with van der Waals surface area (Å²) >= 11 is 0. The average molecular weight is 217 g/mol. The molecule has 0 spiro atoms. The van der Waals surface area contributed by atoms with Gasteiger partial charge in [0.2, 0.25) is 5.91 Å². The summed E-state index contributed by atoms with van der Waals surface area (Å²) in [7, 11) is 1.58. The molecule has 0 aliphatic carbocycles. The zero-order valence-electron chi connectivity index (χ0n) is 9.43. The van der Waals surface area contributed by atoms with Crippen molar-refractivity contribution in [2.24, 2.45) is 10.9 Å². The van der Waals surface area contributed by atoms with E-state index in [-0.39, 0.29) is 24.2 Å². The zero-order valence-corrected chi connectivity index (χ0v) is 9.43. The second-order valence-corrected chi connectivity index (χ2v) is 3.25. The fraction of sp³-hybridized carbons (Fsp3) is 0.778. The number of rotatable bonds is 6. The van der Waals surface area contributed by atoms with Gasteiger partial charge in [-0.3, -0.25) is 4.79 Å². The van der Waals surface area contributed by atoms with Gasteiger partial charge >= 0.3 is 0 Å². The molecule has 0 aliphatic heterocycles. The number of carbonyl (C=O) groups excluding carboxylic acids is 1. The van der Waals surface area contributed by atoms with Crippen LogP contribution in [0, 0.1) is 0 Å². The Morgan fingerprint density at radius 1 is 1.67 bits per heavy atom. The molecule has 0 saturated carbocycles. The maximum absolute atomic E-state index is 11.7. The first-order valence-electron chi connectivity index (χ1n) is 4.81. The first-order chi connectivity index (χ1) is 7.06. The lowest BCUT2D eigenvalue weighted by Crippen LogP contribution is -2.42. The van der Waals surface area contributed by atoms with Gasteiger partial charge < -0.3 is 20.6 Å². The highest BCUT2D eigenvalue weighted by Crippen LogP contribution is 2.02. The largest absolute Gasteiger partial charge is 0.409 e. The zero-order chi connectivity index (χ0) is 11.8. The van der Waals surface area contributed by atoms with E-state index in [4.69, 9.17) is 15.7 Å². The molecule has 0 saturated heterocycles. The first-order valence-corrected chi connectivity index (χ1v) is 4.81. The van der Waals surface area contributed by atoms with Crippen LogP contribution in [0.1, 0.15) is 20.3 Å². The fourth-order valence-corrected chi connectivity index (χ4v) is 1.36. The minimum Gasteiger partial charge on any atom is -0.409 e. The molecule has 0 heterocycles. The average Bonchev–Trinajstić information content (AvgIpc) is 2.19. The van der Waals surface area contributed by atoms with E-state index in [9.17, 15) is 4.79 Å². The Balaban J connectivity index is 4.33. The number of likely N-dealkylation sites (N-methyl/N-ethyl adjacent to an activating group) is 1. The predicted octanol–water partition coefficient (Wildman–Crippen LogP) is 0.00630. The number of methoxy groups -OCH3 is 1. The van der Waals surface area contributed by atoms with Gasteiger partial charge in [0.25, 0.3) is 0 Å². The number of nitrogens with zero attached hydrogens (tertiary/aromatic N) is 2. The van der Waals surface area contributed by atoms with E-state index in [0.29, 0.717) is 13.2 Å². The molecule has 88 valence electrons. The Hall–Kier alpha value is -1.30. The Bertz CT molecular complexity index is 231. The van der Waals surface area contributed by atoms with Crippen molar-refractivity contribution in [3.63, 3.8) is 0 Å². The third kappa shape index (κ3) is 4.64. The van der Waals surface area contributed by atoms with Gasteiger partial charge in [0.1, 0.15) is 5.84 Å². The van der Waals surface area contributed by atoms with Crippen molar-refractivity contribution < 1.29 is 14.7 Å². The van der Waals surface area contributed by atoms with E-state index < -0.39 is 0 Å². The molecule has 0 rings (SSSR count). The first kappa shape index (κ1) is 13.7. The van der Waals surface area contributed by atoms with E-state index in [0.717, 1.165) is 0 Å². The van der Waals surface area contributed by atoms with Crippen molar-refractivity contribution >= 4 is 11.7 Å². The van der Waals surface area contributed by atoms with Crippen LogP contribution in [0.4, 0.5) is 0 Å². The highest BCUT2D eigenvalue weighted by Gasteiger charge is 2.19. The van der Waals surface area contributed by atoms with Crippen LogP contribution in [0.25, 0.3) is 0 Å². The predicted molar refractivity (Wildman–Crippen MR) is 56.8 cm³/mol. The number of amidine groups is 1. The molecule has 1 atom stereocenters. The van der Waals surface area contributed by atoms with Crippen LogP contribution in [0.15, 0.2) is 5.16 Å². The topological polar surface area (TPSA) is 88.2 Å². The van der Waals surface area contributed by atoms with E-state index in [1.807, 2.05) is 13.8 Å². The number of amides is 1. The van der Waals surface area contributed by atoms with Gasteiger partial charge in [-0.1, -0.05) is 5.16 Å².